The van der Waals surface area contributed by atoms with E-state index in [4.69, 9.17) is 11.6 Å². The summed E-state index contributed by atoms with van der Waals surface area (Å²) in [6.45, 7) is 4.83. The maximum atomic E-state index is 12.1. The zero-order valence-electron chi connectivity index (χ0n) is 15.3. The SMILES string of the molecule is CCC(C)NC(=O)CCc1cn(Cc2ccccc2Cl)c2ccccc12. The second-order valence-electron chi connectivity index (χ2n) is 6.77. The molecule has 136 valence electrons. The van der Waals surface area contributed by atoms with Gasteiger partial charge in [-0.2, -0.15) is 0 Å². The predicted molar refractivity (Wildman–Crippen MR) is 109 cm³/mol. The van der Waals surface area contributed by atoms with Crippen LogP contribution in [0.1, 0.15) is 37.8 Å². The van der Waals surface area contributed by atoms with Crippen LogP contribution in [0.3, 0.4) is 0 Å². The Hall–Kier alpha value is -2.26. The Morgan fingerprint density at radius 3 is 2.62 bits per heavy atom. The number of benzene rings is 2. The van der Waals surface area contributed by atoms with Crippen molar-refractivity contribution in [1.82, 2.24) is 9.88 Å². The third-order valence-corrected chi connectivity index (χ3v) is 5.18. The van der Waals surface area contributed by atoms with Crippen molar-refractivity contribution in [3.05, 3.63) is 70.9 Å². The number of nitrogens with one attached hydrogen (secondary N) is 1. The molecule has 3 rings (SSSR count). The Balaban J connectivity index is 1.81. The van der Waals surface area contributed by atoms with Gasteiger partial charge in [-0.05, 0) is 43.0 Å². The van der Waals surface area contributed by atoms with Crippen molar-refractivity contribution in [1.29, 1.82) is 0 Å². The molecule has 1 aromatic heterocycles. The van der Waals surface area contributed by atoms with E-state index in [1.165, 1.54) is 16.5 Å². The van der Waals surface area contributed by atoms with Gasteiger partial charge >= 0.3 is 0 Å². The van der Waals surface area contributed by atoms with Gasteiger partial charge in [-0.15, -0.1) is 0 Å². The fourth-order valence-corrected chi connectivity index (χ4v) is 3.36. The summed E-state index contributed by atoms with van der Waals surface area (Å²) in [6, 6.07) is 16.5. The van der Waals surface area contributed by atoms with E-state index >= 15 is 0 Å². The summed E-state index contributed by atoms with van der Waals surface area (Å²) in [5.41, 5.74) is 3.47. The van der Waals surface area contributed by atoms with Crippen LogP contribution in [0.15, 0.2) is 54.7 Å². The number of aryl methyl sites for hydroxylation is 1. The Bertz CT molecular complexity index is 900. The van der Waals surface area contributed by atoms with Crippen molar-refractivity contribution in [2.75, 3.05) is 0 Å². The van der Waals surface area contributed by atoms with Crippen LogP contribution in [0, 0.1) is 0 Å². The van der Waals surface area contributed by atoms with Gasteiger partial charge in [0.2, 0.25) is 5.91 Å². The highest BCUT2D eigenvalue weighted by atomic mass is 35.5. The molecule has 0 aliphatic heterocycles. The molecule has 4 heteroatoms. The fraction of sp³-hybridized carbons (Fsp3) is 0.318. The molecule has 0 spiro atoms. The molecule has 1 atom stereocenters. The predicted octanol–water partition coefficient (Wildman–Crippen LogP) is 5.19. The third kappa shape index (κ3) is 4.28. The molecule has 1 heterocycles. The summed E-state index contributed by atoms with van der Waals surface area (Å²) in [4.78, 5) is 12.1. The number of carbonyl (C=O) groups is 1. The van der Waals surface area contributed by atoms with Gasteiger partial charge in [0.15, 0.2) is 0 Å². The Morgan fingerprint density at radius 1 is 1.12 bits per heavy atom. The number of halogens is 1. The summed E-state index contributed by atoms with van der Waals surface area (Å²) in [6.07, 6.45) is 4.34. The molecule has 0 fully saturated rings. The van der Waals surface area contributed by atoms with Gasteiger partial charge < -0.3 is 9.88 Å². The highest BCUT2D eigenvalue weighted by Crippen LogP contribution is 2.25. The third-order valence-electron chi connectivity index (χ3n) is 4.81. The van der Waals surface area contributed by atoms with Crippen LogP contribution < -0.4 is 5.32 Å². The molecule has 26 heavy (non-hydrogen) atoms. The van der Waals surface area contributed by atoms with E-state index in [1.54, 1.807) is 0 Å². The van der Waals surface area contributed by atoms with Crippen molar-refractivity contribution >= 4 is 28.4 Å². The molecule has 0 saturated heterocycles. The first-order valence-electron chi connectivity index (χ1n) is 9.18. The number of para-hydroxylation sites is 1. The maximum Gasteiger partial charge on any atom is 0.220 e. The lowest BCUT2D eigenvalue weighted by Crippen LogP contribution is -2.31. The van der Waals surface area contributed by atoms with E-state index in [0.29, 0.717) is 6.42 Å². The van der Waals surface area contributed by atoms with Crippen LogP contribution in [0.5, 0.6) is 0 Å². The lowest BCUT2D eigenvalue weighted by atomic mass is 10.1. The number of hydrogen-bond donors (Lipinski definition) is 1. The average molecular weight is 369 g/mol. The molecular weight excluding hydrogens is 344 g/mol. The van der Waals surface area contributed by atoms with E-state index in [1.807, 2.05) is 37.3 Å². The van der Waals surface area contributed by atoms with Crippen molar-refractivity contribution in [3.8, 4) is 0 Å². The number of amides is 1. The van der Waals surface area contributed by atoms with Crippen LogP contribution in [0.4, 0.5) is 0 Å². The largest absolute Gasteiger partial charge is 0.354 e. The van der Waals surface area contributed by atoms with Gasteiger partial charge in [-0.1, -0.05) is 54.9 Å². The van der Waals surface area contributed by atoms with Gasteiger partial charge in [0.1, 0.15) is 0 Å². The zero-order chi connectivity index (χ0) is 18.5. The minimum atomic E-state index is 0.113. The molecule has 0 aliphatic carbocycles. The maximum absolute atomic E-state index is 12.1. The molecular formula is C22H25ClN2O. The molecule has 0 bridgehead atoms. The summed E-state index contributed by atoms with van der Waals surface area (Å²) in [5, 5.41) is 5.02. The van der Waals surface area contributed by atoms with Crippen molar-refractivity contribution in [3.63, 3.8) is 0 Å². The first-order valence-corrected chi connectivity index (χ1v) is 9.55. The number of carbonyl (C=O) groups excluding carboxylic acids is 1. The van der Waals surface area contributed by atoms with Gasteiger partial charge in [0.25, 0.3) is 0 Å². The monoisotopic (exact) mass is 368 g/mol. The molecule has 0 radical (unpaired) electrons. The van der Waals surface area contributed by atoms with E-state index in [0.717, 1.165) is 30.0 Å². The van der Waals surface area contributed by atoms with Crippen LogP contribution in [0.25, 0.3) is 10.9 Å². The number of nitrogens with zero attached hydrogens (tertiary/aromatic N) is 1. The molecule has 1 amide bonds. The van der Waals surface area contributed by atoms with Gasteiger partial charge in [0.05, 0.1) is 0 Å². The van der Waals surface area contributed by atoms with Crippen LogP contribution in [-0.2, 0) is 17.8 Å². The van der Waals surface area contributed by atoms with E-state index in [-0.39, 0.29) is 11.9 Å². The molecule has 3 nitrogen and oxygen atoms in total. The second-order valence-corrected chi connectivity index (χ2v) is 7.17. The summed E-state index contributed by atoms with van der Waals surface area (Å²) in [7, 11) is 0. The van der Waals surface area contributed by atoms with Crippen LogP contribution >= 0.6 is 11.6 Å². The van der Waals surface area contributed by atoms with Crippen molar-refractivity contribution < 1.29 is 4.79 Å². The number of hydrogen-bond acceptors (Lipinski definition) is 1. The Kier molecular flexibility index (Phi) is 6.00. The highest BCUT2D eigenvalue weighted by Gasteiger charge is 2.12. The first kappa shape index (κ1) is 18.5. The minimum absolute atomic E-state index is 0.113. The molecule has 0 aliphatic rings. The average Bonchev–Trinajstić information content (AvgIpc) is 3.00. The van der Waals surface area contributed by atoms with Crippen molar-refractivity contribution in [2.24, 2.45) is 0 Å². The van der Waals surface area contributed by atoms with Gasteiger partial charge in [-0.3, -0.25) is 4.79 Å². The molecule has 1 N–H and O–H groups in total. The normalized spacial score (nSPS) is 12.3. The van der Waals surface area contributed by atoms with Crippen LogP contribution in [-0.4, -0.2) is 16.5 Å². The Labute approximate surface area is 160 Å². The summed E-state index contributed by atoms with van der Waals surface area (Å²) >= 11 is 6.33. The zero-order valence-corrected chi connectivity index (χ0v) is 16.1. The molecule has 3 aromatic rings. The van der Waals surface area contributed by atoms with E-state index in [2.05, 4.69) is 41.2 Å². The topological polar surface area (TPSA) is 34.0 Å². The first-order chi connectivity index (χ1) is 12.6. The smallest absolute Gasteiger partial charge is 0.220 e. The minimum Gasteiger partial charge on any atom is -0.354 e. The number of aromatic nitrogens is 1. The lowest BCUT2D eigenvalue weighted by molar-refractivity contribution is -0.121. The van der Waals surface area contributed by atoms with Crippen molar-refractivity contribution in [2.45, 2.75) is 45.7 Å². The fourth-order valence-electron chi connectivity index (χ4n) is 3.16. The molecule has 1 unspecified atom stereocenters. The molecule has 2 aromatic carbocycles. The van der Waals surface area contributed by atoms with Gasteiger partial charge in [-0.25, -0.2) is 0 Å². The van der Waals surface area contributed by atoms with E-state index < -0.39 is 0 Å². The standard InChI is InChI=1S/C22H25ClN2O/c1-3-16(2)24-22(26)13-12-17-14-25(21-11-7-5-9-19(17)21)15-18-8-4-6-10-20(18)23/h4-11,14,16H,3,12-13,15H2,1-2H3,(H,24,26). The quantitative estimate of drug-likeness (QED) is 0.611. The Morgan fingerprint density at radius 2 is 1.85 bits per heavy atom. The second kappa shape index (κ2) is 8.41. The highest BCUT2D eigenvalue weighted by molar-refractivity contribution is 6.31. The van der Waals surface area contributed by atoms with Gasteiger partial charge in [0, 0.05) is 41.1 Å². The summed E-state index contributed by atoms with van der Waals surface area (Å²) in [5.74, 6) is 0.113. The molecule has 0 saturated carbocycles. The summed E-state index contributed by atoms with van der Waals surface area (Å²) < 4.78 is 2.22. The van der Waals surface area contributed by atoms with E-state index in [9.17, 15) is 4.79 Å². The number of fused-ring (bicyclic) bond motifs is 1. The number of rotatable bonds is 7. The van der Waals surface area contributed by atoms with Crippen LogP contribution in [0.2, 0.25) is 5.02 Å². The lowest BCUT2D eigenvalue weighted by Gasteiger charge is -2.10.